The smallest absolute Gasteiger partial charge is 0.0975 e. The van der Waals surface area contributed by atoms with Crippen LogP contribution in [0, 0.1) is 5.41 Å². The zero-order chi connectivity index (χ0) is 12.8. The molecule has 0 aromatic carbocycles. The first kappa shape index (κ1) is 12.6. The van der Waals surface area contributed by atoms with E-state index in [1.54, 1.807) is 11.3 Å². The minimum absolute atomic E-state index is 0.148. The predicted octanol–water partition coefficient (Wildman–Crippen LogP) is 2.24. The van der Waals surface area contributed by atoms with Gasteiger partial charge in [0.15, 0.2) is 0 Å². The van der Waals surface area contributed by atoms with Crippen LogP contribution in [0.25, 0.3) is 0 Å². The fourth-order valence-corrected chi connectivity index (χ4v) is 4.53. The van der Waals surface area contributed by atoms with Gasteiger partial charge in [-0.25, -0.2) is 0 Å². The van der Waals surface area contributed by atoms with Crippen LogP contribution >= 0.6 is 11.3 Å². The monoisotopic (exact) mass is 267 g/mol. The summed E-state index contributed by atoms with van der Waals surface area (Å²) in [6.07, 6.45) is 4.11. The van der Waals surface area contributed by atoms with Crippen LogP contribution in [0.3, 0.4) is 0 Å². The minimum Gasteiger partial charge on any atom is -0.387 e. The fourth-order valence-electron chi connectivity index (χ4n) is 3.46. The number of fused-ring (bicyclic) bond motifs is 2. The maximum absolute atomic E-state index is 10.8. The Kier molecular flexibility index (Phi) is 3.22. The second-order valence-corrected chi connectivity index (χ2v) is 6.73. The van der Waals surface area contributed by atoms with Gasteiger partial charge in [-0.2, -0.15) is 0 Å². The number of hydrogen-bond donors (Lipinski definition) is 2. The standard InChI is InChI=1S/C14H21NO2S/c1-2-10-4-5-11(18-10)13(16)14(8-15)7-9-3-6-12(14)17-9/h4-5,9,12-13,16H,2-3,6-8,15H2,1H3. The average Bonchev–Trinajstić information content (AvgIpc) is 3.12. The molecule has 3 nitrogen and oxygen atoms in total. The highest BCUT2D eigenvalue weighted by atomic mass is 32.1. The van der Waals surface area contributed by atoms with Gasteiger partial charge < -0.3 is 15.6 Å². The van der Waals surface area contributed by atoms with Crippen molar-refractivity contribution in [3.05, 3.63) is 21.9 Å². The lowest BCUT2D eigenvalue weighted by Gasteiger charge is -2.38. The molecule has 4 atom stereocenters. The summed E-state index contributed by atoms with van der Waals surface area (Å²) in [5.74, 6) is 0. The fraction of sp³-hybridized carbons (Fsp3) is 0.714. The topological polar surface area (TPSA) is 55.5 Å². The highest BCUT2D eigenvalue weighted by Gasteiger charge is 2.55. The lowest BCUT2D eigenvalue weighted by atomic mass is 9.69. The van der Waals surface area contributed by atoms with Crippen molar-refractivity contribution in [1.29, 1.82) is 0 Å². The number of rotatable bonds is 4. The number of thiophene rings is 1. The molecule has 3 N–H and O–H groups in total. The van der Waals surface area contributed by atoms with Crippen LogP contribution in [-0.4, -0.2) is 23.9 Å². The van der Waals surface area contributed by atoms with Crippen LogP contribution in [0.1, 0.15) is 42.0 Å². The summed E-state index contributed by atoms with van der Waals surface area (Å²) in [6.45, 7) is 2.65. The minimum atomic E-state index is -0.469. The second-order valence-electron chi connectivity index (χ2n) is 5.53. The van der Waals surface area contributed by atoms with E-state index in [1.165, 1.54) is 4.88 Å². The molecular formula is C14H21NO2S. The predicted molar refractivity (Wildman–Crippen MR) is 72.7 cm³/mol. The van der Waals surface area contributed by atoms with Gasteiger partial charge in [-0.3, -0.25) is 0 Å². The molecule has 2 aliphatic heterocycles. The lowest BCUT2D eigenvalue weighted by molar-refractivity contribution is -0.0245. The Morgan fingerprint density at radius 1 is 1.56 bits per heavy atom. The van der Waals surface area contributed by atoms with Crippen molar-refractivity contribution >= 4 is 11.3 Å². The van der Waals surface area contributed by atoms with E-state index in [4.69, 9.17) is 10.5 Å². The molecule has 3 heterocycles. The summed E-state index contributed by atoms with van der Waals surface area (Å²) < 4.78 is 5.92. The highest BCUT2D eigenvalue weighted by molar-refractivity contribution is 7.12. The van der Waals surface area contributed by atoms with Gasteiger partial charge in [0.1, 0.15) is 0 Å². The van der Waals surface area contributed by atoms with Gasteiger partial charge in [-0.1, -0.05) is 6.92 Å². The molecule has 3 rings (SSSR count). The first-order chi connectivity index (χ1) is 8.69. The molecule has 4 heteroatoms. The van der Waals surface area contributed by atoms with Gasteiger partial charge in [0.2, 0.25) is 0 Å². The first-order valence-corrected chi connectivity index (χ1v) is 7.63. The molecule has 1 aromatic heterocycles. The van der Waals surface area contributed by atoms with E-state index in [9.17, 15) is 5.11 Å². The molecule has 2 aliphatic rings. The van der Waals surface area contributed by atoms with Crippen LogP contribution < -0.4 is 5.73 Å². The van der Waals surface area contributed by atoms with Crippen LogP contribution in [0.2, 0.25) is 0 Å². The van der Waals surface area contributed by atoms with Gasteiger partial charge >= 0.3 is 0 Å². The van der Waals surface area contributed by atoms with Crippen molar-refractivity contribution in [2.75, 3.05) is 6.54 Å². The van der Waals surface area contributed by atoms with E-state index < -0.39 is 6.10 Å². The molecule has 0 aliphatic carbocycles. The van der Waals surface area contributed by atoms with Crippen LogP contribution in [-0.2, 0) is 11.2 Å². The summed E-state index contributed by atoms with van der Waals surface area (Å²) >= 11 is 1.71. The van der Waals surface area contributed by atoms with Crippen molar-refractivity contribution in [2.24, 2.45) is 11.1 Å². The molecule has 2 bridgehead atoms. The number of hydrogen-bond acceptors (Lipinski definition) is 4. The molecule has 2 saturated heterocycles. The maximum Gasteiger partial charge on any atom is 0.0975 e. The third-order valence-electron chi connectivity index (χ3n) is 4.58. The van der Waals surface area contributed by atoms with Gasteiger partial charge in [-0.05, 0) is 37.8 Å². The summed E-state index contributed by atoms with van der Waals surface area (Å²) in [5.41, 5.74) is 5.75. The molecule has 0 spiro atoms. The van der Waals surface area contributed by atoms with Crippen molar-refractivity contribution in [3.63, 3.8) is 0 Å². The molecule has 2 fully saturated rings. The van der Waals surface area contributed by atoms with E-state index in [0.29, 0.717) is 12.6 Å². The Morgan fingerprint density at radius 3 is 2.89 bits per heavy atom. The lowest BCUT2D eigenvalue weighted by Crippen LogP contribution is -2.44. The highest BCUT2D eigenvalue weighted by Crippen LogP contribution is 2.54. The molecule has 4 unspecified atom stereocenters. The van der Waals surface area contributed by atoms with Crippen LogP contribution in [0.5, 0.6) is 0 Å². The average molecular weight is 267 g/mol. The van der Waals surface area contributed by atoms with Gasteiger partial charge in [0, 0.05) is 21.7 Å². The van der Waals surface area contributed by atoms with E-state index in [2.05, 4.69) is 19.1 Å². The van der Waals surface area contributed by atoms with Crippen molar-refractivity contribution in [1.82, 2.24) is 0 Å². The van der Waals surface area contributed by atoms with Gasteiger partial charge in [0.05, 0.1) is 18.3 Å². The number of nitrogens with two attached hydrogens (primary N) is 1. The summed E-state index contributed by atoms with van der Waals surface area (Å²) in [7, 11) is 0. The first-order valence-electron chi connectivity index (χ1n) is 6.82. The Morgan fingerprint density at radius 2 is 2.39 bits per heavy atom. The SMILES string of the molecule is CCc1ccc(C(O)C2(CN)CC3CCC2O3)s1. The van der Waals surface area contributed by atoms with Gasteiger partial charge in [0.25, 0.3) is 0 Å². The Balaban J connectivity index is 1.87. The zero-order valence-corrected chi connectivity index (χ0v) is 11.6. The quantitative estimate of drug-likeness (QED) is 0.879. The van der Waals surface area contributed by atoms with Crippen LogP contribution in [0.15, 0.2) is 12.1 Å². The Bertz CT molecular complexity index is 433. The molecule has 0 radical (unpaired) electrons. The molecular weight excluding hydrogens is 246 g/mol. The van der Waals surface area contributed by atoms with Gasteiger partial charge in [-0.15, -0.1) is 11.3 Å². The Hall–Kier alpha value is -0.420. The zero-order valence-electron chi connectivity index (χ0n) is 10.8. The number of aryl methyl sites for hydroxylation is 1. The third-order valence-corrected chi connectivity index (χ3v) is 5.86. The largest absolute Gasteiger partial charge is 0.387 e. The van der Waals surface area contributed by atoms with Crippen molar-refractivity contribution in [3.8, 4) is 0 Å². The Labute approximate surface area is 112 Å². The molecule has 1 aromatic rings. The number of aliphatic hydroxyl groups excluding tert-OH is 1. The second kappa shape index (κ2) is 4.60. The molecule has 0 saturated carbocycles. The number of ether oxygens (including phenoxy) is 1. The molecule has 100 valence electrons. The normalized spacial score (nSPS) is 36.2. The van der Waals surface area contributed by atoms with Crippen molar-refractivity contribution < 1.29 is 9.84 Å². The van der Waals surface area contributed by atoms with Crippen molar-refractivity contribution in [2.45, 2.75) is 50.9 Å². The van der Waals surface area contributed by atoms with E-state index in [-0.39, 0.29) is 11.5 Å². The summed E-state index contributed by atoms with van der Waals surface area (Å²) in [6, 6.07) is 4.17. The van der Waals surface area contributed by atoms with E-state index in [0.717, 1.165) is 30.6 Å². The third kappa shape index (κ3) is 1.74. The molecule has 0 amide bonds. The summed E-state index contributed by atoms with van der Waals surface area (Å²) in [5, 5.41) is 10.8. The summed E-state index contributed by atoms with van der Waals surface area (Å²) in [4.78, 5) is 2.37. The maximum atomic E-state index is 10.8. The van der Waals surface area contributed by atoms with E-state index >= 15 is 0 Å². The van der Waals surface area contributed by atoms with E-state index in [1.807, 2.05) is 0 Å². The molecule has 18 heavy (non-hydrogen) atoms. The van der Waals surface area contributed by atoms with Crippen LogP contribution in [0.4, 0.5) is 0 Å². The number of aliphatic hydroxyl groups is 1.